The fourth-order valence-electron chi connectivity index (χ4n) is 3.89. The van der Waals surface area contributed by atoms with Crippen LogP contribution in [-0.2, 0) is 11.0 Å². The summed E-state index contributed by atoms with van der Waals surface area (Å²) in [6.45, 7) is 5.32. The van der Waals surface area contributed by atoms with Gasteiger partial charge in [-0.15, -0.1) is 0 Å². The molecule has 0 aliphatic carbocycles. The molecule has 196 valence electrons. The zero-order valence-electron chi connectivity index (χ0n) is 21.2. The number of aromatic nitrogens is 2. The van der Waals surface area contributed by atoms with Crippen LogP contribution in [0.2, 0.25) is 0 Å². The number of benzene rings is 3. The molecule has 0 atom stereocenters. The predicted molar refractivity (Wildman–Crippen MR) is 140 cm³/mol. The van der Waals surface area contributed by atoms with Gasteiger partial charge in [0.15, 0.2) is 0 Å². The maximum atomic E-state index is 13.1. The summed E-state index contributed by atoms with van der Waals surface area (Å²) >= 11 is 0. The maximum Gasteiger partial charge on any atom is 0.416 e. The van der Waals surface area contributed by atoms with E-state index in [2.05, 4.69) is 10.3 Å². The fourth-order valence-corrected chi connectivity index (χ4v) is 3.89. The minimum absolute atomic E-state index is 0.125. The van der Waals surface area contributed by atoms with Crippen LogP contribution < -0.4 is 5.32 Å². The monoisotopic (exact) mass is 520 g/mol. The third kappa shape index (κ3) is 6.11. The first kappa shape index (κ1) is 26.7. The molecule has 0 spiro atoms. The van der Waals surface area contributed by atoms with Crippen LogP contribution in [0.1, 0.15) is 35.3 Å². The number of carbonyl (C=O) groups excluding carboxylic acids is 2. The Morgan fingerprint density at radius 3 is 2.16 bits per heavy atom. The molecule has 3 aromatic carbocycles. The molecule has 0 aliphatic rings. The number of imidazole rings is 1. The molecule has 1 aromatic heterocycles. The molecule has 4 aromatic rings. The molecule has 2 amide bonds. The highest BCUT2D eigenvalue weighted by Gasteiger charge is 2.30. The molecule has 38 heavy (non-hydrogen) atoms. The Labute approximate surface area is 218 Å². The number of nitrogens with one attached hydrogen (secondary N) is 1. The molecule has 0 fully saturated rings. The van der Waals surface area contributed by atoms with Gasteiger partial charge in [-0.05, 0) is 57.2 Å². The molecule has 0 radical (unpaired) electrons. The van der Waals surface area contributed by atoms with Gasteiger partial charge < -0.3 is 4.90 Å². The number of anilines is 1. The lowest BCUT2D eigenvalue weighted by Crippen LogP contribution is -2.42. The fraction of sp³-hybridized carbons (Fsp3) is 0.207. The highest BCUT2D eigenvalue weighted by molar-refractivity contribution is 5.99. The summed E-state index contributed by atoms with van der Waals surface area (Å²) in [5, 5.41) is 2.74. The van der Waals surface area contributed by atoms with Crippen LogP contribution in [0, 0.1) is 6.92 Å². The van der Waals surface area contributed by atoms with Crippen molar-refractivity contribution in [2.45, 2.75) is 33.0 Å². The smallest absolute Gasteiger partial charge is 0.327 e. The third-order valence-corrected chi connectivity index (χ3v) is 6.00. The zero-order valence-corrected chi connectivity index (χ0v) is 21.2. The van der Waals surface area contributed by atoms with Crippen LogP contribution in [-0.4, -0.2) is 38.9 Å². The van der Waals surface area contributed by atoms with Crippen molar-refractivity contribution >= 4 is 17.8 Å². The normalized spacial score (nSPS) is 11.4. The van der Waals surface area contributed by atoms with E-state index in [-0.39, 0.29) is 24.4 Å². The Morgan fingerprint density at radius 1 is 0.947 bits per heavy atom. The van der Waals surface area contributed by atoms with Crippen LogP contribution in [0.15, 0.2) is 85.1 Å². The van der Waals surface area contributed by atoms with Crippen molar-refractivity contribution in [1.29, 1.82) is 0 Å². The van der Waals surface area contributed by atoms with E-state index >= 15 is 0 Å². The van der Waals surface area contributed by atoms with Crippen LogP contribution >= 0.6 is 0 Å². The lowest BCUT2D eigenvalue weighted by Gasteiger charge is -2.26. The third-order valence-electron chi connectivity index (χ3n) is 6.00. The Bertz CT molecular complexity index is 1410. The molecule has 1 N–H and O–H groups in total. The van der Waals surface area contributed by atoms with Gasteiger partial charge in [-0.1, -0.05) is 48.0 Å². The number of aryl methyl sites for hydroxylation is 1. The minimum Gasteiger partial charge on any atom is -0.327 e. The molecule has 0 saturated carbocycles. The van der Waals surface area contributed by atoms with Gasteiger partial charge in [-0.25, -0.2) is 4.98 Å². The molecule has 4 rings (SSSR count). The van der Waals surface area contributed by atoms with Crippen LogP contribution in [0.4, 0.5) is 19.1 Å². The van der Waals surface area contributed by atoms with Crippen LogP contribution in [0.25, 0.3) is 16.9 Å². The van der Waals surface area contributed by atoms with E-state index in [1.54, 1.807) is 18.3 Å². The molecular weight excluding hydrogens is 493 g/mol. The molecule has 0 saturated heterocycles. The molecule has 1 heterocycles. The number of amides is 2. The van der Waals surface area contributed by atoms with E-state index in [1.165, 1.54) is 21.6 Å². The Kier molecular flexibility index (Phi) is 7.66. The molecular formula is C29H27F3N4O2. The summed E-state index contributed by atoms with van der Waals surface area (Å²) in [6, 6.07) is 20.6. The summed E-state index contributed by atoms with van der Waals surface area (Å²) < 4.78 is 40.8. The average molecular weight is 521 g/mol. The van der Waals surface area contributed by atoms with E-state index in [1.807, 2.05) is 63.2 Å². The summed E-state index contributed by atoms with van der Waals surface area (Å²) in [5.74, 6) is -0.649. The van der Waals surface area contributed by atoms with Gasteiger partial charge in [0.25, 0.3) is 5.91 Å². The van der Waals surface area contributed by atoms with Gasteiger partial charge in [0.05, 0.1) is 11.3 Å². The van der Waals surface area contributed by atoms with Crippen molar-refractivity contribution in [3.63, 3.8) is 0 Å². The standard InChI is InChI=1S/C29H27F3N4O2/c1-19(2)35(27(38)22-11-9-20(3)10-12-22)18-26(37)34-28-33-25(21-7-5-4-6-8-21)17-36(28)24-15-13-23(14-16-24)29(30,31)32/h4-17,19H,18H2,1-3H3,(H,33,34,37). The number of hydrogen-bond donors (Lipinski definition) is 1. The van der Waals surface area contributed by atoms with Gasteiger partial charge in [0.1, 0.15) is 6.54 Å². The first-order valence-electron chi connectivity index (χ1n) is 12.0. The van der Waals surface area contributed by atoms with Crippen molar-refractivity contribution in [3.8, 4) is 16.9 Å². The second-order valence-electron chi connectivity index (χ2n) is 9.17. The van der Waals surface area contributed by atoms with Crippen LogP contribution in [0.5, 0.6) is 0 Å². The molecule has 0 aliphatic heterocycles. The van der Waals surface area contributed by atoms with E-state index in [0.29, 0.717) is 16.9 Å². The largest absolute Gasteiger partial charge is 0.416 e. The first-order valence-corrected chi connectivity index (χ1v) is 12.0. The van der Waals surface area contributed by atoms with E-state index < -0.39 is 17.6 Å². The van der Waals surface area contributed by atoms with Crippen molar-refractivity contribution in [1.82, 2.24) is 14.5 Å². The Morgan fingerprint density at radius 2 is 1.58 bits per heavy atom. The zero-order chi connectivity index (χ0) is 27.4. The molecule has 0 bridgehead atoms. The van der Waals surface area contributed by atoms with Crippen LogP contribution in [0.3, 0.4) is 0 Å². The van der Waals surface area contributed by atoms with E-state index in [9.17, 15) is 22.8 Å². The number of halogens is 3. The number of nitrogens with zero attached hydrogens (tertiary/aromatic N) is 3. The topological polar surface area (TPSA) is 67.2 Å². The van der Waals surface area contributed by atoms with Crippen molar-refractivity contribution in [2.75, 3.05) is 11.9 Å². The minimum atomic E-state index is -4.47. The van der Waals surface area contributed by atoms with Gasteiger partial charge in [0.2, 0.25) is 11.9 Å². The predicted octanol–water partition coefficient (Wildman–Crippen LogP) is 6.36. The number of alkyl halides is 3. The average Bonchev–Trinajstić information content (AvgIpc) is 3.31. The number of hydrogen-bond acceptors (Lipinski definition) is 3. The van der Waals surface area contributed by atoms with Crippen molar-refractivity contribution < 1.29 is 22.8 Å². The van der Waals surface area contributed by atoms with Gasteiger partial charge >= 0.3 is 6.18 Å². The summed E-state index contributed by atoms with van der Waals surface area (Å²) in [5.41, 5.74) is 2.38. The van der Waals surface area contributed by atoms with Gasteiger partial charge in [-0.3, -0.25) is 19.5 Å². The quantitative estimate of drug-likeness (QED) is 0.309. The lowest BCUT2D eigenvalue weighted by atomic mass is 10.1. The van der Waals surface area contributed by atoms with E-state index in [0.717, 1.165) is 23.3 Å². The second-order valence-corrected chi connectivity index (χ2v) is 9.17. The Balaban J connectivity index is 1.62. The van der Waals surface area contributed by atoms with E-state index in [4.69, 9.17) is 0 Å². The summed E-state index contributed by atoms with van der Waals surface area (Å²) in [6.07, 6.45) is -2.82. The van der Waals surface area contributed by atoms with Gasteiger partial charge in [0, 0.05) is 29.1 Å². The highest BCUT2D eigenvalue weighted by atomic mass is 19.4. The summed E-state index contributed by atoms with van der Waals surface area (Å²) in [4.78, 5) is 32.2. The highest BCUT2D eigenvalue weighted by Crippen LogP contribution is 2.31. The second kappa shape index (κ2) is 10.9. The number of rotatable bonds is 7. The Hall–Kier alpha value is -4.40. The summed E-state index contributed by atoms with van der Waals surface area (Å²) in [7, 11) is 0. The lowest BCUT2D eigenvalue weighted by molar-refractivity contribution is -0.137. The van der Waals surface area contributed by atoms with Crippen molar-refractivity contribution in [2.24, 2.45) is 0 Å². The molecule has 9 heteroatoms. The van der Waals surface area contributed by atoms with Gasteiger partial charge in [-0.2, -0.15) is 13.2 Å². The van der Waals surface area contributed by atoms with Crippen molar-refractivity contribution in [3.05, 3.63) is 102 Å². The molecule has 6 nitrogen and oxygen atoms in total. The number of carbonyl (C=O) groups is 2. The maximum absolute atomic E-state index is 13.1. The first-order chi connectivity index (χ1) is 18.0. The molecule has 0 unspecified atom stereocenters. The SMILES string of the molecule is Cc1ccc(C(=O)N(CC(=O)Nc2nc(-c3ccccc3)cn2-c2ccc(C(F)(F)F)cc2)C(C)C)cc1.